The van der Waals surface area contributed by atoms with Crippen LogP contribution in [0, 0.1) is 13.8 Å². The molecule has 2 aromatic heterocycles. The van der Waals surface area contributed by atoms with Crippen LogP contribution in [0.1, 0.15) is 23.2 Å². The number of hydrogen-bond donors (Lipinski definition) is 0. The lowest BCUT2D eigenvalue weighted by Gasteiger charge is -2.33. The third-order valence-corrected chi connectivity index (χ3v) is 4.35. The van der Waals surface area contributed by atoms with Gasteiger partial charge in [0.2, 0.25) is 5.91 Å². The van der Waals surface area contributed by atoms with Gasteiger partial charge in [-0.3, -0.25) is 9.48 Å². The van der Waals surface area contributed by atoms with E-state index in [4.69, 9.17) is 4.74 Å². The molecule has 134 valence electrons. The Kier molecular flexibility index (Phi) is 5.03. The summed E-state index contributed by atoms with van der Waals surface area (Å²) in [7, 11) is 3.91. The summed E-state index contributed by atoms with van der Waals surface area (Å²) in [4.78, 5) is 21.1. The molecule has 0 saturated carbocycles. The van der Waals surface area contributed by atoms with Crippen molar-refractivity contribution in [1.29, 1.82) is 0 Å². The summed E-state index contributed by atoms with van der Waals surface area (Å²) in [6, 6.07) is 7.86. The summed E-state index contributed by atoms with van der Waals surface area (Å²) in [5.41, 5.74) is 2.78. The second kappa shape index (κ2) is 7.23. The number of rotatable bonds is 4. The van der Waals surface area contributed by atoms with Crippen molar-refractivity contribution >= 4 is 11.7 Å². The van der Waals surface area contributed by atoms with E-state index in [1.807, 2.05) is 62.0 Å². The van der Waals surface area contributed by atoms with Gasteiger partial charge in [0.25, 0.3) is 0 Å². The molecule has 1 amide bonds. The van der Waals surface area contributed by atoms with E-state index < -0.39 is 0 Å². The van der Waals surface area contributed by atoms with Gasteiger partial charge in [-0.05, 0) is 32.0 Å². The molecule has 1 atom stereocenters. The highest BCUT2D eigenvalue weighted by atomic mass is 16.5. The Bertz CT molecular complexity index is 756. The molecule has 0 bridgehead atoms. The first-order valence-corrected chi connectivity index (χ1v) is 8.49. The third-order valence-electron chi connectivity index (χ3n) is 4.35. The van der Waals surface area contributed by atoms with Gasteiger partial charge < -0.3 is 14.5 Å². The lowest BCUT2D eigenvalue weighted by atomic mass is 10.2. The Morgan fingerprint density at radius 3 is 2.84 bits per heavy atom. The third kappa shape index (κ3) is 3.99. The minimum atomic E-state index is -0.196. The monoisotopic (exact) mass is 343 g/mol. The van der Waals surface area contributed by atoms with Crippen molar-refractivity contribution < 1.29 is 9.53 Å². The lowest BCUT2D eigenvalue weighted by Crippen LogP contribution is -2.44. The standard InChI is InChI=1S/C18H25N5O2/c1-13-10-14(2)23(20-13)12-18(24)22-8-9-25-16(11-22)15-6-5-7-17(19-15)21(3)4/h5-7,10,16H,8-9,11-12H2,1-4H3. The van der Waals surface area contributed by atoms with Crippen molar-refractivity contribution in [1.82, 2.24) is 19.7 Å². The summed E-state index contributed by atoms with van der Waals surface area (Å²) < 4.78 is 7.62. The molecule has 0 aliphatic carbocycles. The summed E-state index contributed by atoms with van der Waals surface area (Å²) in [5.74, 6) is 0.940. The molecule has 7 heteroatoms. The van der Waals surface area contributed by atoms with Gasteiger partial charge in [-0.25, -0.2) is 4.98 Å². The zero-order chi connectivity index (χ0) is 18.0. The molecule has 1 aliphatic rings. The van der Waals surface area contributed by atoms with Gasteiger partial charge in [-0.1, -0.05) is 6.07 Å². The Labute approximate surface area is 148 Å². The Hall–Kier alpha value is -2.41. The highest BCUT2D eigenvalue weighted by Gasteiger charge is 2.27. The number of ether oxygens (including phenoxy) is 1. The van der Waals surface area contributed by atoms with Gasteiger partial charge in [0.15, 0.2) is 0 Å². The smallest absolute Gasteiger partial charge is 0.244 e. The molecular formula is C18H25N5O2. The van der Waals surface area contributed by atoms with E-state index in [0.29, 0.717) is 19.7 Å². The zero-order valence-electron chi connectivity index (χ0n) is 15.3. The molecule has 3 heterocycles. The second-order valence-electron chi connectivity index (χ2n) is 6.60. The largest absolute Gasteiger partial charge is 0.368 e. The van der Waals surface area contributed by atoms with Crippen molar-refractivity contribution in [3.8, 4) is 0 Å². The van der Waals surface area contributed by atoms with Gasteiger partial charge in [0.1, 0.15) is 18.5 Å². The fourth-order valence-electron chi connectivity index (χ4n) is 2.99. The number of pyridine rings is 1. The van der Waals surface area contributed by atoms with Crippen LogP contribution >= 0.6 is 0 Å². The summed E-state index contributed by atoms with van der Waals surface area (Å²) in [6.07, 6.45) is -0.196. The first kappa shape index (κ1) is 17.4. The first-order valence-electron chi connectivity index (χ1n) is 8.49. The Morgan fingerprint density at radius 1 is 1.36 bits per heavy atom. The summed E-state index contributed by atoms with van der Waals surface area (Å²) in [5, 5.41) is 4.37. The van der Waals surface area contributed by atoms with Crippen LogP contribution in [0.25, 0.3) is 0 Å². The van der Waals surface area contributed by atoms with Gasteiger partial charge in [0, 0.05) is 26.3 Å². The molecule has 1 fully saturated rings. The van der Waals surface area contributed by atoms with Crippen LogP contribution in [0.2, 0.25) is 0 Å². The van der Waals surface area contributed by atoms with Crippen molar-refractivity contribution in [2.24, 2.45) is 0 Å². The van der Waals surface area contributed by atoms with Crippen molar-refractivity contribution in [3.63, 3.8) is 0 Å². The lowest BCUT2D eigenvalue weighted by molar-refractivity contribution is -0.140. The molecule has 7 nitrogen and oxygen atoms in total. The molecule has 25 heavy (non-hydrogen) atoms. The minimum absolute atomic E-state index is 0.0586. The number of anilines is 1. The fraction of sp³-hybridized carbons (Fsp3) is 0.500. The SMILES string of the molecule is Cc1cc(C)n(CC(=O)N2CCOC(c3cccc(N(C)C)n3)C2)n1. The minimum Gasteiger partial charge on any atom is -0.368 e. The highest BCUT2D eigenvalue weighted by molar-refractivity contribution is 5.76. The number of aryl methyl sites for hydroxylation is 2. The molecule has 0 radical (unpaired) electrons. The number of carbonyl (C=O) groups is 1. The van der Waals surface area contributed by atoms with Crippen LogP contribution in [-0.4, -0.2) is 59.4 Å². The zero-order valence-corrected chi connectivity index (χ0v) is 15.3. The Morgan fingerprint density at radius 2 is 2.16 bits per heavy atom. The molecular weight excluding hydrogens is 318 g/mol. The van der Waals surface area contributed by atoms with Gasteiger partial charge in [0.05, 0.1) is 24.5 Å². The van der Waals surface area contributed by atoms with Gasteiger partial charge in [-0.15, -0.1) is 0 Å². The number of aromatic nitrogens is 3. The van der Waals surface area contributed by atoms with Crippen molar-refractivity contribution in [2.45, 2.75) is 26.5 Å². The molecule has 0 aromatic carbocycles. The van der Waals surface area contributed by atoms with Crippen LogP contribution in [-0.2, 0) is 16.1 Å². The van der Waals surface area contributed by atoms with E-state index in [-0.39, 0.29) is 18.6 Å². The maximum absolute atomic E-state index is 12.7. The average Bonchev–Trinajstić information content (AvgIpc) is 2.92. The summed E-state index contributed by atoms with van der Waals surface area (Å²) in [6.45, 7) is 5.79. The number of morpholine rings is 1. The number of carbonyl (C=O) groups excluding carboxylic acids is 1. The molecule has 2 aromatic rings. The Balaban J connectivity index is 1.69. The summed E-state index contributed by atoms with van der Waals surface area (Å²) >= 11 is 0. The molecule has 1 saturated heterocycles. The molecule has 1 unspecified atom stereocenters. The number of hydrogen-bond acceptors (Lipinski definition) is 5. The maximum atomic E-state index is 12.7. The quantitative estimate of drug-likeness (QED) is 0.843. The van der Waals surface area contributed by atoms with E-state index in [1.54, 1.807) is 4.68 Å². The highest BCUT2D eigenvalue weighted by Crippen LogP contribution is 2.22. The molecule has 1 aliphatic heterocycles. The van der Waals surface area contributed by atoms with E-state index in [0.717, 1.165) is 22.9 Å². The molecule has 3 rings (SSSR count). The fourth-order valence-corrected chi connectivity index (χ4v) is 2.99. The van der Waals surface area contributed by atoms with Crippen molar-refractivity contribution in [3.05, 3.63) is 41.3 Å². The normalized spacial score (nSPS) is 17.6. The molecule has 0 spiro atoms. The van der Waals surface area contributed by atoms with Crippen LogP contribution in [0.4, 0.5) is 5.82 Å². The topological polar surface area (TPSA) is 63.5 Å². The van der Waals surface area contributed by atoms with Gasteiger partial charge >= 0.3 is 0 Å². The predicted octanol–water partition coefficient (Wildman–Crippen LogP) is 1.56. The number of nitrogens with zero attached hydrogens (tertiary/aromatic N) is 5. The van der Waals surface area contributed by atoms with Crippen molar-refractivity contribution in [2.75, 3.05) is 38.7 Å². The van der Waals surface area contributed by atoms with Gasteiger partial charge in [-0.2, -0.15) is 5.10 Å². The first-order chi connectivity index (χ1) is 11.9. The van der Waals surface area contributed by atoms with E-state index >= 15 is 0 Å². The van der Waals surface area contributed by atoms with Crippen LogP contribution in [0.15, 0.2) is 24.3 Å². The van der Waals surface area contributed by atoms with E-state index in [2.05, 4.69) is 10.1 Å². The van der Waals surface area contributed by atoms with Crippen LogP contribution in [0.3, 0.4) is 0 Å². The number of amides is 1. The van der Waals surface area contributed by atoms with Crippen LogP contribution < -0.4 is 4.90 Å². The average molecular weight is 343 g/mol. The van der Waals surface area contributed by atoms with E-state index in [9.17, 15) is 4.79 Å². The predicted molar refractivity (Wildman–Crippen MR) is 95.5 cm³/mol. The van der Waals surface area contributed by atoms with E-state index in [1.165, 1.54) is 0 Å². The second-order valence-corrected chi connectivity index (χ2v) is 6.60. The van der Waals surface area contributed by atoms with Crippen LogP contribution in [0.5, 0.6) is 0 Å². The maximum Gasteiger partial charge on any atom is 0.244 e. The molecule has 0 N–H and O–H groups in total.